The SMILES string of the molecule is CCCN(CC)c1cc(C)nc(C)n1. The molecule has 0 spiro atoms. The molecule has 1 aromatic rings. The van der Waals surface area contributed by atoms with E-state index in [4.69, 9.17) is 0 Å². The minimum Gasteiger partial charge on any atom is -0.357 e. The molecule has 3 nitrogen and oxygen atoms in total. The Morgan fingerprint density at radius 2 is 1.93 bits per heavy atom. The predicted octanol–water partition coefficient (Wildman–Crippen LogP) is 2.33. The lowest BCUT2D eigenvalue weighted by Crippen LogP contribution is -2.24. The van der Waals surface area contributed by atoms with E-state index in [9.17, 15) is 0 Å². The van der Waals surface area contributed by atoms with Crippen molar-refractivity contribution in [3.8, 4) is 0 Å². The topological polar surface area (TPSA) is 29.0 Å². The third kappa shape index (κ3) is 2.69. The Morgan fingerprint density at radius 3 is 2.43 bits per heavy atom. The van der Waals surface area contributed by atoms with Gasteiger partial charge in [-0.1, -0.05) is 6.92 Å². The van der Waals surface area contributed by atoms with Crippen LogP contribution in [0.3, 0.4) is 0 Å². The third-order valence-corrected chi connectivity index (χ3v) is 2.15. The summed E-state index contributed by atoms with van der Waals surface area (Å²) in [5.74, 6) is 1.91. The van der Waals surface area contributed by atoms with E-state index >= 15 is 0 Å². The van der Waals surface area contributed by atoms with Crippen LogP contribution in [0, 0.1) is 13.8 Å². The van der Waals surface area contributed by atoms with Crippen molar-refractivity contribution in [1.82, 2.24) is 9.97 Å². The fourth-order valence-electron chi connectivity index (χ4n) is 1.56. The maximum Gasteiger partial charge on any atom is 0.132 e. The Bertz CT molecular complexity index is 276. The average molecular weight is 193 g/mol. The van der Waals surface area contributed by atoms with Crippen LogP contribution in [0.25, 0.3) is 0 Å². The largest absolute Gasteiger partial charge is 0.357 e. The first kappa shape index (κ1) is 11.0. The molecule has 0 saturated heterocycles. The van der Waals surface area contributed by atoms with E-state index in [1.165, 1.54) is 0 Å². The van der Waals surface area contributed by atoms with Gasteiger partial charge < -0.3 is 4.90 Å². The second kappa shape index (κ2) is 4.94. The number of nitrogens with zero attached hydrogens (tertiary/aromatic N) is 3. The molecule has 0 aliphatic rings. The summed E-state index contributed by atoms with van der Waals surface area (Å²) >= 11 is 0. The highest BCUT2D eigenvalue weighted by Gasteiger charge is 2.05. The average Bonchev–Trinajstić information content (AvgIpc) is 2.12. The van der Waals surface area contributed by atoms with E-state index in [2.05, 4.69) is 28.7 Å². The lowest BCUT2D eigenvalue weighted by atomic mass is 10.3. The van der Waals surface area contributed by atoms with E-state index in [1.807, 2.05) is 19.9 Å². The van der Waals surface area contributed by atoms with Gasteiger partial charge in [-0.3, -0.25) is 0 Å². The van der Waals surface area contributed by atoms with E-state index in [1.54, 1.807) is 0 Å². The van der Waals surface area contributed by atoms with Gasteiger partial charge in [0.05, 0.1) is 0 Å². The molecule has 0 aromatic carbocycles. The Labute approximate surface area is 86.2 Å². The monoisotopic (exact) mass is 193 g/mol. The van der Waals surface area contributed by atoms with Crippen LogP contribution in [-0.2, 0) is 0 Å². The molecule has 0 saturated carbocycles. The normalized spacial score (nSPS) is 10.3. The van der Waals surface area contributed by atoms with Crippen molar-refractivity contribution in [3.63, 3.8) is 0 Å². The minimum absolute atomic E-state index is 0.856. The summed E-state index contributed by atoms with van der Waals surface area (Å²) in [4.78, 5) is 11.0. The van der Waals surface area contributed by atoms with Crippen molar-refractivity contribution in [1.29, 1.82) is 0 Å². The second-order valence-corrected chi connectivity index (χ2v) is 3.49. The zero-order chi connectivity index (χ0) is 10.6. The van der Waals surface area contributed by atoms with Crippen molar-refractivity contribution in [2.45, 2.75) is 34.1 Å². The summed E-state index contributed by atoms with van der Waals surface area (Å²) in [6, 6.07) is 2.05. The highest BCUT2D eigenvalue weighted by atomic mass is 15.2. The first-order chi connectivity index (χ1) is 6.67. The van der Waals surface area contributed by atoms with Gasteiger partial charge >= 0.3 is 0 Å². The maximum atomic E-state index is 4.44. The molecular formula is C11H19N3. The maximum absolute atomic E-state index is 4.44. The van der Waals surface area contributed by atoms with Crippen LogP contribution >= 0.6 is 0 Å². The van der Waals surface area contributed by atoms with Crippen molar-refractivity contribution >= 4 is 5.82 Å². The van der Waals surface area contributed by atoms with Gasteiger partial charge in [0, 0.05) is 24.8 Å². The summed E-state index contributed by atoms with van der Waals surface area (Å²) in [5, 5.41) is 0. The molecule has 3 heteroatoms. The van der Waals surface area contributed by atoms with Crippen LogP contribution in [0.2, 0.25) is 0 Å². The molecule has 1 heterocycles. The molecule has 78 valence electrons. The summed E-state index contributed by atoms with van der Waals surface area (Å²) in [5.41, 5.74) is 1.04. The number of hydrogen-bond donors (Lipinski definition) is 0. The molecule has 0 unspecified atom stereocenters. The molecule has 0 bridgehead atoms. The molecule has 0 atom stereocenters. The van der Waals surface area contributed by atoms with Crippen molar-refractivity contribution in [2.75, 3.05) is 18.0 Å². The number of anilines is 1. The number of aromatic nitrogens is 2. The van der Waals surface area contributed by atoms with Gasteiger partial charge in [0.2, 0.25) is 0 Å². The van der Waals surface area contributed by atoms with Crippen molar-refractivity contribution in [3.05, 3.63) is 17.6 Å². The van der Waals surface area contributed by atoms with E-state index < -0.39 is 0 Å². The van der Waals surface area contributed by atoms with Crippen LogP contribution in [0.4, 0.5) is 5.82 Å². The van der Waals surface area contributed by atoms with E-state index in [0.29, 0.717) is 0 Å². The molecule has 0 N–H and O–H groups in total. The van der Waals surface area contributed by atoms with Crippen molar-refractivity contribution < 1.29 is 0 Å². The van der Waals surface area contributed by atoms with Crippen LogP contribution in [0.1, 0.15) is 31.8 Å². The summed E-state index contributed by atoms with van der Waals surface area (Å²) in [6.07, 6.45) is 1.15. The predicted molar refractivity (Wildman–Crippen MR) is 59.7 cm³/mol. The first-order valence-electron chi connectivity index (χ1n) is 5.24. The Morgan fingerprint density at radius 1 is 1.21 bits per heavy atom. The van der Waals surface area contributed by atoms with Gasteiger partial charge in [-0.05, 0) is 27.2 Å². The molecule has 0 aliphatic carbocycles. The highest BCUT2D eigenvalue weighted by molar-refractivity contribution is 5.39. The van der Waals surface area contributed by atoms with Gasteiger partial charge in [0.15, 0.2) is 0 Å². The second-order valence-electron chi connectivity index (χ2n) is 3.49. The van der Waals surface area contributed by atoms with Gasteiger partial charge in [0.25, 0.3) is 0 Å². The lowest BCUT2D eigenvalue weighted by molar-refractivity contribution is 0.770. The molecule has 0 amide bonds. The zero-order valence-corrected chi connectivity index (χ0v) is 9.54. The summed E-state index contributed by atoms with van der Waals surface area (Å²) in [7, 11) is 0. The van der Waals surface area contributed by atoms with Crippen LogP contribution in [-0.4, -0.2) is 23.1 Å². The fraction of sp³-hybridized carbons (Fsp3) is 0.636. The van der Waals surface area contributed by atoms with Crippen LogP contribution in [0.5, 0.6) is 0 Å². The number of rotatable bonds is 4. The Hall–Kier alpha value is -1.12. The third-order valence-electron chi connectivity index (χ3n) is 2.15. The summed E-state index contributed by atoms with van der Waals surface area (Å²) < 4.78 is 0. The smallest absolute Gasteiger partial charge is 0.132 e. The quantitative estimate of drug-likeness (QED) is 0.735. The Kier molecular flexibility index (Phi) is 3.86. The Balaban J connectivity index is 2.91. The minimum atomic E-state index is 0.856. The van der Waals surface area contributed by atoms with Gasteiger partial charge in [0.1, 0.15) is 11.6 Å². The van der Waals surface area contributed by atoms with Gasteiger partial charge in [-0.15, -0.1) is 0 Å². The molecule has 1 rings (SSSR count). The molecule has 14 heavy (non-hydrogen) atoms. The number of hydrogen-bond acceptors (Lipinski definition) is 3. The van der Waals surface area contributed by atoms with E-state index in [0.717, 1.165) is 36.8 Å². The molecule has 0 radical (unpaired) electrons. The molecule has 0 aliphatic heterocycles. The van der Waals surface area contributed by atoms with Crippen molar-refractivity contribution in [2.24, 2.45) is 0 Å². The highest BCUT2D eigenvalue weighted by Crippen LogP contribution is 2.12. The first-order valence-corrected chi connectivity index (χ1v) is 5.24. The van der Waals surface area contributed by atoms with Crippen LogP contribution < -0.4 is 4.90 Å². The summed E-state index contributed by atoms with van der Waals surface area (Å²) in [6.45, 7) is 10.4. The molecule has 0 fully saturated rings. The van der Waals surface area contributed by atoms with Crippen LogP contribution in [0.15, 0.2) is 6.07 Å². The lowest BCUT2D eigenvalue weighted by Gasteiger charge is -2.21. The van der Waals surface area contributed by atoms with Gasteiger partial charge in [-0.25, -0.2) is 9.97 Å². The molecule has 1 aromatic heterocycles. The van der Waals surface area contributed by atoms with E-state index in [-0.39, 0.29) is 0 Å². The van der Waals surface area contributed by atoms with Gasteiger partial charge in [-0.2, -0.15) is 0 Å². The number of aryl methyl sites for hydroxylation is 2. The standard InChI is InChI=1S/C11H19N3/c1-5-7-14(6-2)11-8-9(3)12-10(4)13-11/h8H,5-7H2,1-4H3. The fourth-order valence-corrected chi connectivity index (χ4v) is 1.56. The zero-order valence-electron chi connectivity index (χ0n) is 9.54. The molecular weight excluding hydrogens is 174 g/mol.